The molecule has 2 aromatic carbocycles. The molecule has 0 aliphatic carbocycles. The van der Waals surface area contributed by atoms with E-state index in [-0.39, 0.29) is 7.43 Å². The first kappa shape index (κ1) is 25.2. The zero-order valence-corrected chi connectivity index (χ0v) is 20.9. The van der Waals surface area contributed by atoms with E-state index < -0.39 is 10.0 Å². The third kappa shape index (κ3) is 4.91. The third-order valence-corrected chi connectivity index (χ3v) is 9.06. The van der Waals surface area contributed by atoms with E-state index in [1.165, 1.54) is 0 Å². The molecule has 0 amide bonds. The van der Waals surface area contributed by atoms with Gasteiger partial charge in [0.25, 0.3) is 0 Å². The lowest BCUT2D eigenvalue weighted by Gasteiger charge is -2.37. The van der Waals surface area contributed by atoms with Crippen molar-refractivity contribution in [2.24, 2.45) is 0 Å². The zero-order chi connectivity index (χ0) is 24.5. The molecule has 0 unspecified atom stereocenters. The third-order valence-electron chi connectivity index (χ3n) is 7.16. The van der Waals surface area contributed by atoms with Crippen LogP contribution in [0.2, 0.25) is 0 Å². The summed E-state index contributed by atoms with van der Waals surface area (Å²) in [5, 5.41) is 7.95. The predicted molar refractivity (Wildman–Crippen MR) is 147 cm³/mol. The molecule has 2 fully saturated rings. The van der Waals surface area contributed by atoms with Crippen LogP contribution in [0, 0.1) is 0 Å². The monoisotopic (exact) mass is 519 g/mol. The Morgan fingerprint density at radius 1 is 0.811 bits per heavy atom. The summed E-state index contributed by atoms with van der Waals surface area (Å²) in [4.78, 5) is 14.0. The average Bonchev–Trinajstić information content (AvgIpc) is 3.48. The molecule has 2 aromatic heterocycles. The number of anilines is 2. The van der Waals surface area contributed by atoms with Crippen LogP contribution >= 0.6 is 0 Å². The Balaban J connectivity index is 0.00000280. The number of piperidine rings is 1. The lowest BCUT2D eigenvalue weighted by atomic mass is 10.1. The number of hydrogen-bond acceptors (Lipinski definition) is 7. The van der Waals surface area contributed by atoms with Gasteiger partial charge in [0, 0.05) is 62.1 Å². The minimum atomic E-state index is -3.45. The first-order valence-corrected chi connectivity index (χ1v) is 13.9. The van der Waals surface area contributed by atoms with Crippen molar-refractivity contribution in [1.29, 1.82) is 0 Å². The van der Waals surface area contributed by atoms with Crippen LogP contribution in [-0.2, 0) is 10.0 Å². The molecule has 0 radical (unpaired) electrons. The lowest BCUT2D eigenvalue weighted by molar-refractivity contribution is 0.346. The van der Waals surface area contributed by atoms with Crippen molar-refractivity contribution < 1.29 is 8.42 Å². The van der Waals surface area contributed by atoms with Crippen LogP contribution in [0.5, 0.6) is 0 Å². The zero-order valence-electron chi connectivity index (χ0n) is 20.0. The number of nitrogens with zero attached hydrogens (tertiary/aromatic N) is 6. The minimum absolute atomic E-state index is 0. The van der Waals surface area contributed by atoms with Gasteiger partial charge in [0.15, 0.2) is 0 Å². The molecule has 4 heterocycles. The Bertz CT molecular complexity index is 1460. The highest BCUT2D eigenvalue weighted by atomic mass is 32.2. The second-order valence-electron chi connectivity index (χ2n) is 9.35. The first-order valence-electron chi connectivity index (χ1n) is 12.4. The van der Waals surface area contributed by atoms with Gasteiger partial charge in [-0.25, -0.2) is 18.4 Å². The van der Waals surface area contributed by atoms with Crippen LogP contribution in [0.25, 0.3) is 22.0 Å². The van der Waals surface area contributed by atoms with E-state index in [0.717, 1.165) is 79.0 Å². The van der Waals surface area contributed by atoms with Crippen LogP contribution in [-0.4, -0.2) is 72.2 Å². The smallest absolute Gasteiger partial charge is 0.243 e. The summed E-state index contributed by atoms with van der Waals surface area (Å²) >= 11 is 0. The Kier molecular flexibility index (Phi) is 7.12. The largest absolute Gasteiger partial charge is 0.368 e. The Hall–Kier alpha value is -3.50. The van der Waals surface area contributed by atoms with E-state index in [1.807, 2.05) is 42.7 Å². The molecular weight excluding hydrogens is 486 g/mol. The maximum absolute atomic E-state index is 13.2. The summed E-state index contributed by atoms with van der Waals surface area (Å²) in [5.41, 5.74) is 3.95. The molecule has 37 heavy (non-hydrogen) atoms. The fourth-order valence-corrected chi connectivity index (χ4v) is 6.71. The van der Waals surface area contributed by atoms with Crippen molar-refractivity contribution in [2.75, 3.05) is 49.1 Å². The van der Waals surface area contributed by atoms with Gasteiger partial charge in [0.05, 0.1) is 16.6 Å². The van der Waals surface area contributed by atoms with Crippen molar-refractivity contribution in [3.05, 3.63) is 61.2 Å². The average molecular weight is 520 g/mol. The maximum atomic E-state index is 13.2. The number of sulfonamides is 1. The van der Waals surface area contributed by atoms with Crippen LogP contribution in [0.4, 0.5) is 11.5 Å². The summed E-state index contributed by atoms with van der Waals surface area (Å²) in [5.74, 6) is 0.923. The highest BCUT2D eigenvalue weighted by molar-refractivity contribution is 7.89. The number of H-pyrrole nitrogens is 1. The van der Waals surface area contributed by atoms with Crippen LogP contribution in [0.15, 0.2) is 66.1 Å². The SMILES string of the molecule is C.O=S(=O)(c1cccc(N2CCN(c3ncnc4ccc(-c5cn[nH]c5)cc34)CC2)c1)N1CCCCC1. The fourth-order valence-electron chi connectivity index (χ4n) is 5.15. The van der Waals surface area contributed by atoms with E-state index in [2.05, 4.69) is 36.0 Å². The summed E-state index contributed by atoms with van der Waals surface area (Å²) in [6.07, 6.45) is 8.27. The van der Waals surface area contributed by atoms with Gasteiger partial charge >= 0.3 is 0 Å². The first-order chi connectivity index (χ1) is 17.6. The Morgan fingerprint density at radius 3 is 2.35 bits per heavy atom. The summed E-state index contributed by atoms with van der Waals surface area (Å²) in [6.45, 7) is 4.34. The van der Waals surface area contributed by atoms with Gasteiger partial charge in [-0.3, -0.25) is 5.10 Å². The number of fused-ring (bicyclic) bond motifs is 1. The van der Waals surface area contributed by atoms with E-state index in [1.54, 1.807) is 16.7 Å². The van der Waals surface area contributed by atoms with E-state index in [0.29, 0.717) is 18.0 Å². The highest BCUT2D eigenvalue weighted by Crippen LogP contribution is 2.30. The molecule has 2 aliphatic heterocycles. The molecule has 6 rings (SSSR count). The molecule has 2 aliphatic rings. The number of aromatic nitrogens is 4. The van der Waals surface area contributed by atoms with Crippen molar-refractivity contribution in [1.82, 2.24) is 24.5 Å². The van der Waals surface area contributed by atoms with Gasteiger partial charge < -0.3 is 9.80 Å². The highest BCUT2D eigenvalue weighted by Gasteiger charge is 2.27. The summed E-state index contributed by atoms with van der Waals surface area (Å²) in [7, 11) is -3.45. The number of aromatic amines is 1. The lowest BCUT2D eigenvalue weighted by Crippen LogP contribution is -2.47. The van der Waals surface area contributed by atoms with Gasteiger partial charge in [-0.1, -0.05) is 26.0 Å². The topological polar surface area (TPSA) is 98.3 Å². The van der Waals surface area contributed by atoms with Gasteiger partial charge in [0.1, 0.15) is 12.1 Å². The standard InChI is InChI=1S/C26H29N7O2S.CH4/c34-36(35,33-9-2-1-3-10-33)23-6-4-5-22(16-23)31-11-13-32(14-12-31)26-24-15-20(21-17-29-30-18-21)7-8-25(24)27-19-28-26;/h4-8,15-19H,1-3,9-14H2,(H,29,30);1H4. The normalized spacial score (nSPS) is 17.1. The quantitative estimate of drug-likeness (QED) is 0.423. The fraction of sp³-hybridized carbons (Fsp3) is 0.370. The van der Waals surface area contributed by atoms with Crippen molar-refractivity contribution in [2.45, 2.75) is 31.6 Å². The second kappa shape index (κ2) is 10.5. The molecular formula is C27H33N7O2S. The van der Waals surface area contributed by atoms with Gasteiger partial charge in [-0.2, -0.15) is 9.40 Å². The van der Waals surface area contributed by atoms with E-state index >= 15 is 0 Å². The van der Waals surface area contributed by atoms with E-state index in [9.17, 15) is 8.42 Å². The number of rotatable bonds is 5. The van der Waals surface area contributed by atoms with Gasteiger partial charge in [-0.15, -0.1) is 0 Å². The van der Waals surface area contributed by atoms with Crippen LogP contribution < -0.4 is 9.80 Å². The number of benzene rings is 2. The van der Waals surface area contributed by atoms with Crippen LogP contribution in [0.1, 0.15) is 26.7 Å². The van der Waals surface area contributed by atoms with E-state index in [4.69, 9.17) is 0 Å². The van der Waals surface area contributed by atoms with Gasteiger partial charge in [-0.05, 0) is 48.7 Å². The Morgan fingerprint density at radius 2 is 1.59 bits per heavy atom. The molecule has 194 valence electrons. The van der Waals surface area contributed by atoms with Crippen molar-refractivity contribution >= 4 is 32.4 Å². The number of nitrogens with one attached hydrogen (secondary N) is 1. The molecule has 0 bridgehead atoms. The maximum Gasteiger partial charge on any atom is 0.243 e. The second-order valence-corrected chi connectivity index (χ2v) is 11.3. The minimum Gasteiger partial charge on any atom is -0.368 e. The molecule has 1 N–H and O–H groups in total. The molecule has 0 saturated carbocycles. The number of piperazine rings is 1. The molecule has 10 heteroatoms. The predicted octanol–water partition coefficient (Wildman–Crippen LogP) is 4.16. The molecule has 9 nitrogen and oxygen atoms in total. The molecule has 0 spiro atoms. The molecule has 0 atom stereocenters. The summed E-state index contributed by atoms with van der Waals surface area (Å²) < 4.78 is 28.0. The summed E-state index contributed by atoms with van der Waals surface area (Å²) in [6, 6.07) is 13.6. The molecule has 2 saturated heterocycles. The van der Waals surface area contributed by atoms with Crippen LogP contribution in [0.3, 0.4) is 0 Å². The van der Waals surface area contributed by atoms with Gasteiger partial charge in [0.2, 0.25) is 10.0 Å². The van der Waals surface area contributed by atoms with Crippen molar-refractivity contribution in [3.63, 3.8) is 0 Å². The Labute approximate surface area is 218 Å². The number of hydrogen-bond donors (Lipinski definition) is 1. The molecule has 4 aromatic rings. The van der Waals surface area contributed by atoms with Crippen molar-refractivity contribution in [3.8, 4) is 11.1 Å².